The Kier molecular flexibility index (Phi) is 3.47. The Morgan fingerprint density at radius 2 is 2.31 bits per heavy atom. The minimum Gasteiger partial charge on any atom is -0.386 e. The van der Waals surface area contributed by atoms with Gasteiger partial charge in [-0.25, -0.2) is 0 Å². The lowest BCUT2D eigenvalue weighted by molar-refractivity contribution is -0.218. The third-order valence-electron chi connectivity index (χ3n) is 1.95. The Balaban J connectivity index is 2.48. The summed E-state index contributed by atoms with van der Waals surface area (Å²) >= 11 is 0. The highest BCUT2D eigenvalue weighted by molar-refractivity contribution is 4.84. The van der Waals surface area contributed by atoms with E-state index in [1.54, 1.807) is 0 Å². The van der Waals surface area contributed by atoms with E-state index in [-0.39, 0.29) is 6.54 Å². The van der Waals surface area contributed by atoms with Crippen molar-refractivity contribution in [2.24, 2.45) is 10.8 Å². The Bertz CT molecular complexity index is 206. The molecule has 1 rings (SSSR count). The molecule has 7 nitrogen and oxygen atoms in total. The van der Waals surface area contributed by atoms with Crippen molar-refractivity contribution in [3.8, 4) is 0 Å². The predicted molar refractivity (Wildman–Crippen MR) is 43.5 cm³/mol. The van der Waals surface area contributed by atoms with Crippen LogP contribution in [0.3, 0.4) is 0 Å². The summed E-state index contributed by atoms with van der Waals surface area (Å²) in [6.07, 6.45) is -2.40. The van der Waals surface area contributed by atoms with Gasteiger partial charge in [0.15, 0.2) is 6.29 Å². The number of ether oxygens (including phenoxy) is 1. The quantitative estimate of drug-likeness (QED) is 0.295. The molecule has 1 fully saturated rings. The Hall–Kier alpha value is -0.850. The molecule has 13 heavy (non-hydrogen) atoms. The molecule has 0 aliphatic carbocycles. The first-order chi connectivity index (χ1) is 6.15. The minimum absolute atomic E-state index is 0.119. The largest absolute Gasteiger partial charge is 0.386 e. The standard InChI is InChI=1S/C6H12N4O3/c7-4-1-3(2-9-10-8)13-6(12)5(4)11/h3-6,11-12H,1-2,7H2/t3-,4?,5?,6+/m0/s1. The molecule has 0 radical (unpaired) electrons. The van der Waals surface area contributed by atoms with Gasteiger partial charge in [-0.05, 0) is 12.0 Å². The maximum absolute atomic E-state index is 9.19. The van der Waals surface area contributed by atoms with E-state index in [1.165, 1.54) is 0 Å². The van der Waals surface area contributed by atoms with Crippen molar-refractivity contribution in [1.29, 1.82) is 0 Å². The molecule has 2 unspecified atom stereocenters. The van der Waals surface area contributed by atoms with Crippen LogP contribution in [0.15, 0.2) is 5.11 Å². The van der Waals surface area contributed by atoms with Gasteiger partial charge in [-0.3, -0.25) is 0 Å². The summed E-state index contributed by atoms with van der Waals surface area (Å²) in [4.78, 5) is 2.56. The molecule has 0 amide bonds. The molecule has 0 aromatic carbocycles. The summed E-state index contributed by atoms with van der Waals surface area (Å²) in [7, 11) is 0. The van der Waals surface area contributed by atoms with Crippen molar-refractivity contribution < 1.29 is 14.9 Å². The van der Waals surface area contributed by atoms with E-state index < -0.39 is 24.5 Å². The normalized spacial score (nSPS) is 39.6. The van der Waals surface area contributed by atoms with Crippen LogP contribution in [-0.4, -0.2) is 41.3 Å². The number of aliphatic hydroxyl groups excluding tert-OH is 2. The van der Waals surface area contributed by atoms with E-state index in [1.807, 2.05) is 0 Å². The van der Waals surface area contributed by atoms with Crippen LogP contribution in [0.1, 0.15) is 6.42 Å². The second kappa shape index (κ2) is 4.40. The van der Waals surface area contributed by atoms with Crippen molar-refractivity contribution in [2.75, 3.05) is 6.54 Å². The van der Waals surface area contributed by atoms with Gasteiger partial charge in [0.2, 0.25) is 0 Å². The molecule has 1 heterocycles. The molecule has 0 spiro atoms. The second-order valence-corrected chi connectivity index (χ2v) is 2.95. The van der Waals surface area contributed by atoms with Crippen LogP contribution < -0.4 is 5.73 Å². The minimum atomic E-state index is -1.29. The van der Waals surface area contributed by atoms with E-state index in [9.17, 15) is 5.11 Å². The highest BCUT2D eigenvalue weighted by atomic mass is 16.6. The summed E-state index contributed by atoms with van der Waals surface area (Å²) in [5.41, 5.74) is 13.5. The molecule has 1 saturated heterocycles. The zero-order valence-electron chi connectivity index (χ0n) is 6.95. The van der Waals surface area contributed by atoms with E-state index in [2.05, 4.69) is 10.0 Å². The lowest BCUT2D eigenvalue weighted by Crippen LogP contribution is -2.52. The molecule has 4 atom stereocenters. The number of rotatable bonds is 2. The Morgan fingerprint density at radius 3 is 2.85 bits per heavy atom. The molecule has 4 N–H and O–H groups in total. The topological polar surface area (TPSA) is 124 Å². The van der Waals surface area contributed by atoms with Gasteiger partial charge in [-0.2, -0.15) is 0 Å². The van der Waals surface area contributed by atoms with Crippen molar-refractivity contribution in [1.82, 2.24) is 0 Å². The van der Waals surface area contributed by atoms with Gasteiger partial charge in [0.1, 0.15) is 6.10 Å². The number of nitrogens with two attached hydrogens (primary N) is 1. The van der Waals surface area contributed by atoms with Gasteiger partial charge in [0.05, 0.1) is 12.6 Å². The van der Waals surface area contributed by atoms with Gasteiger partial charge >= 0.3 is 0 Å². The molecule has 0 aromatic rings. The van der Waals surface area contributed by atoms with Crippen LogP contribution >= 0.6 is 0 Å². The average Bonchev–Trinajstić information content (AvgIpc) is 2.10. The van der Waals surface area contributed by atoms with Gasteiger partial charge in [-0.15, -0.1) is 0 Å². The maximum atomic E-state index is 9.19. The molecule has 7 heteroatoms. The zero-order chi connectivity index (χ0) is 9.84. The van der Waals surface area contributed by atoms with Crippen LogP contribution in [-0.2, 0) is 4.74 Å². The number of azide groups is 1. The highest BCUT2D eigenvalue weighted by Crippen LogP contribution is 2.17. The lowest BCUT2D eigenvalue weighted by atomic mass is 10.0. The van der Waals surface area contributed by atoms with E-state index >= 15 is 0 Å². The first-order valence-corrected chi connectivity index (χ1v) is 3.93. The molecular formula is C6H12N4O3. The Labute approximate surface area is 74.7 Å². The van der Waals surface area contributed by atoms with E-state index in [0.717, 1.165) is 0 Å². The monoisotopic (exact) mass is 188 g/mol. The third kappa shape index (κ3) is 2.55. The first-order valence-electron chi connectivity index (χ1n) is 3.93. The first kappa shape index (κ1) is 10.2. The maximum Gasteiger partial charge on any atom is 0.182 e. The fraction of sp³-hybridized carbons (Fsp3) is 1.00. The molecular weight excluding hydrogens is 176 g/mol. The summed E-state index contributed by atoms with van der Waals surface area (Å²) in [5.74, 6) is 0. The molecule has 1 aliphatic rings. The van der Waals surface area contributed by atoms with Gasteiger partial charge < -0.3 is 20.7 Å². The van der Waals surface area contributed by atoms with Crippen LogP contribution in [0.2, 0.25) is 0 Å². The van der Waals surface area contributed by atoms with Gasteiger partial charge in [0.25, 0.3) is 0 Å². The van der Waals surface area contributed by atoms with Crippen molar-refractivity contribution in [3.05, 3.63) is 10.4 Å². The number of hydrogen-bond donors (Lipinski definition) is 3. The van der Waals surface area contributed by atoms with Crippen LogP contribution in [0.4, 0.5) is 0 Å². The molecule has 74 valence electrons. The summed E-state index contributed by atoms with van der Waals surface area (Å²) in [6, 6.07) is -0.539. The van der Waals surface area contributed by atoms with Crippen molar-refractivity contribution in [2.45, 2.75) is 31.0 Å². The van der Waals surface area contributed by atoms with Crippen LogP contribution in [0.5, 0.6) is 0 Å². The second-order valence-electron chi connectivity index (χ2n) is 2.95. The van der Waals surface area contributed by atoms with Crippen LogP contribution in [0, 0.1) is 0 Å². The predicted octanol–water partition coefficient (Wildman–Crippen LogP) is -0.908. The molecule has 0 aromatic heterocycles. The summed E-state index contributed by atoms with van der Waals surface area (Å²) < 4.78 is 4.93. The number of nitrogens with zero attached hydrogens (tertiary/aromatic N) is 3. The SMILES string of the molecule is [N-]=[N+]=NC[C@@H]1CC(N)C(O)[C@H](O)O1. The lowest BCUT2D eigenvalue weighted by Gasteiger charge is -2.34. The summed E-state index contributed by atoms with van der Waals surface area (Å²) in [6.45, 7) is 0.119. The van der Waals surface area contributed by atoms with E-state index in [0.29, 0.717) is 6.42 Å². The van der Waals surface area contributed by atoms with Gasteiger partial charge in [0, 0.05) is 11.0 Å². The number of aliphatic hydroxyl groups is 2. The van der Waals surface area contributed by atoms with Gasteiger partial charge in [-0.1, -0.05) is 5.11 Å². The fourth-order valence-corrected chi connectivity index (χ4v) is 1.23. The molecule has 0 saturated carbocycles. The zero-order valence-corrected chi connectivity index (χ0v) is 6.95. The molecule has 0 bridgehead atoms. The average molecular weight is 188 g/mol. The highest BCUT2D eigenvalue weighted by Gasteiger charge is 2.33. The van der Waals surface area contributed by atoms with Crippen molar-refractivity contribution >= 4 is 0 Å². The third-order valence-corrected chi connectivity index (χ3v) is 1.95. The van der Waals surface area contributed by atoms with E-state index in [4.69, 9.17) is 21.1 Å². The number of hydrogen-bond acceptors (Lipinski definition) is 5. The van der Waals surface area contributed by atoms with Crippen LogP contribution in [0.25, 0.3) is 10.4 Å². The Morgan fingerprint density at radius 1 is 1.62 bits per heavy atom. The smallest absolute Gasteiger partial charge is 0.182 e. The fourth-order valence-electron chi connectivity index (χ4n) is 1.23. The molecule has 1 aliphatic heterocycles. The summed E-state index contributed by atoms with van der Waals surface area (Å²) in [5, 5.41) is 21.6. The van der Waals surface area contributed by atoms with Crippen molar-refractivity contribution in [3.63, 3.8) is 0 Å².